The number of aromatic carboxylic acids is 1. The Bertz CT molecular complexity index is 609. The van der Waals surface area contributed by atoms with Crippen LogP contribution in [0.15, 0.2) is 18.2 Å². The quantitative estimate of drug-likeness (QED) is 0.676. The molecule has 0 aliphatic carbocycles. The van der Waals surface area contributed by atoms with Gasteiger partial charge in [-0.25, -0.2) is 4.79 Å². The van der Waals surface area contributed by atoms with Gasteiger partial charge in [0.25, 0.3) is 0 Å². The zero-order valence-electron chi connectivity index (χ0n) is 15.0. The molecule has 7 heteroatoms. The topological polar surface area (TPSA) is 95.9 Å². The Balaban J connectivity index is 2.68. The van der Waals surface area contributed by atoms with Crippen LogP contribution in [0.5, 0.6) is 5.75 Å². The minimum atomic E-state index is -1.16. The van der Waals surface area contributed by atoms with Gasteiger partial charge < -0.3 is 20.1 Å². The molecule has 7 nitrogen and oxygen atoms in total. The van der Waals surface area contributed by atoms with Gasteiger partial charge >= 0.3 is 5.97 Å². The summed E-state index contributed by atoms with van der Waals surface area (Å²) in [6.07, 6.45) is 1.84. The second-order valence-corrected chi connectivity index (χ2v) is 5.65. The first-order valence-electron chi connectivity index (χ1n) is 8.41. The summed E-state index contributed by atoms with van der Waals surface area (Å²) < 4.78 is 4.99. The third kappa shape index (κ3) is 6.45. The zero-order valence-corrected chi connectivity index (χ0v) is 15.0. The highest BCUT2D eigenvalue weighted by Gasteiger charge is 2.16. The zero-order chi connectivity index (χ0) is 18.8. The van der Waals surface area contributed by atoms with Gasteiger partial charge in [0.2, 0.25) is 11.8 Å². The van der Waals surface area contributed by atoms with Crippen molar-refractivity contribution in [3.05, 3.63) is 23.8 Å². The van der Waals surface area contributed by atoms with Crippen molar-refractivity contribution in [1.29, 1.82) is 0 Å². The van der Waals surface area contributed by atoms with Crippen molar-refractivity contribution in [1.82, 2.24) is 4.90 Å². The Hall–Kier alpha value is -2.57. The molecule has 0 saturated heterocycles. The number of methoxy groups -OCH3 is 1. The van der Waals surface area contributed by atoms with Gasteiger partial charge in [0, 0.05) is 25.9 Å². The second kappa shape index (κ2) is 10.3. The van der Waals surface area contributed by atoms with Gasteiger partial charge in [-0.1, -0.05) is 13.8 Å². The van der Waals surface area contributed by atoms with Crippen LogP contribution >= 0.6 is 0 Å². The number of carboxylic acids is 1. The number of nitrogens with zero attached hydrogens (tertiary/aromatic N) is 1. The fourth-order valence-electron chi connectivity index (χ4n) is 2.43. The van der Waals surface area contributed by atoms with Gasteiger partial charge in [0.05, 0.1) is 18.4 Å². The van der Waals surface area contributed by atoms with E-state index in [4.69, 9.17) is 4.74 Å². The molecule has 1 rings (SSSR count). The van der Waals surface area contributed by atoms with E-state index in [0.717, 1.165) is 12.8 Å². The number of amides is 2. The van der Waals surface area contributed by atoms with Crippen molar-refractivity contribution in [2.75, 3.05) is 25.5 Å². The van der Waals surface area contributed by atoms with Crippen LogP contribution in [0, 0.1) is 0 Å². The summed E-state index contributed by atoms with van der Waals surface area (Å²) in [5.74, 6) is -1.23. The van der Waals surface area contributed by atoms with Gasteiger partial charge in [0.15, 0.2) is 0 Å². The standard InChI is InChI=1S/C18H26N2O5/c1-4-10-20(11-5-2)17(22)9-8-16(21)19-15-7-6-13(25-3)12-14(15)18(23)24/h6-7,12H,4-5,8-11H2,1-3H3,(H,19,21)(H,23,24). The highest BCUT2D eigenvalue weighted by atomic mass is 16.5. The summed E-state index contributed by atoms with van der Waals surface area (Å²) in [4.78, 5) is 37.3. The van der Waals surface area contributed by atoms with Crippen LogP contribution in [0.2, 0.25) is 0 Å². The van der Waals surface area contributed by atoms with E-state index in [-0.39, 0.29) is 30.0 Å². The molecule has 0 aliphatic heterocycles. The SMILES string of the molecule is CCCN(CCC)C(=O)CCC(=O)Nc1ccc(OC)cc1C(=O)O. The third-order valence-corrected chi connectivity index (χ3v) is 3.64. The Kier molecular flexibility index (Phi) is 8.46. The summed E-state index contributed by atoms with van der Waals surface area (Å²) in [7, 11) is 1.43. The molecule has 0 atom stereocenters. The van der Waals surface area contributed by atoms with Gasteiger partial charge in [-0.2, -0.15) is 0 Å². The monoisotopic (exact) mass is 350 g/mol. The molecule has 0 spiro atoms. The lowest BCUT2D eigenvalue weighted by Gasteiger charge is -2.21. The van der Waals surface area contributed by atoms with Crippen LogP contribution in [0.3, 0.4) is 0 Å². The molecule has 25 heavy (non-hydrogen) atoms. The first kappa shape index (κ1) is 20.5. The lowest BCUT2D eigenvalue weighted by atomic mass is 10.1. The Morgan fingerprint density at radius 3 is 2.28 bits per heavy atom. The molecule has 0 fully saturated rings. The van der Waals surface area contributed by atoms with Crippen LogP contribution in [0.1, 0.15) is 49.9 Å². The predicted molar refractivity (Wildman–Crippen MR) is 95.0 cm³/mol. The van der Waals surface area contributed by atoms with Gasteiger partial charge in [-0.3, -0.25) is 9.59 Å². The summed E-state index contributed by atoms with van der Waals surface area (Å²) in [5, 5.41) is 11.8. The molecule has 2 amide bonds. The lowest BCUT2D eigenvalue weighted by Crippen LogP contribution is -2.33. The molecule has 0 unspecified atom stereocenters. The first-order valence-corrected chi connectivity index (χ1v) is 8.41. The van der Waals surface area contributed by atoms with Gasteiger partial charge in [-0.15, -0.1) is 0 Å². The van der Waals surface area contributed by atoms with Crippen molar-refractivity contribution >= 4 is 23.5 Å². The van der Waals surface area contributed by atoms with Crippen LogP contribution in [0.25, 0.3) is 0 Å². The first-order chi connectivity index (χ1) is 11.9. The predicted octanol–water partition coefficient (Wildman–Crippen LogP) is 2.76. The molecular weight excluding hydrogens is 324 g/mol. The average Bonchev–Trinajstić information content (AvgIpc) is 2.59. The maximum atomic E-state index is 12.2. The van der Waals surface area contributed by atoms with Crippen LogP contribution in [0.4, 0.5) is 5.69 Å². The van der Waals surface area contributed by atoms with Crippen molar-refractivity contribution in [3.8, 4) is 5.75 Å². The van der Waals surface area contributed by atoms with Gasteiger partial charge in [-0.05, 0) is 31.0 Å². The number of rotatable bonds is 10. The molecule has 0 aliphatic rings. The van der Waals surface area contributed by atoms with E-state index in [0.29, 0.717) is 18.8 Å². The van der Waals surface area contributed by atoms with E-state index < -0.39 is 11.9 Å². The fourth-order valence-corrected chi connectivity index (χ4v) is 2.43. The smallest absolute Gasteiger partial charge is 0.337 e. The molecule has 0 radical (unpaired) electrons. The van der Waals surface area contributed by atoms with E-state index in [1.165, 1.54) is 19.2 Å². The van der Waals surface area contributed by atoms with Crippen LogP contribution in [-0.4, -0.2) is 48.0 Å². The summed E-state index contributed by atoms with van der Waals surface area (Å²) >= 11 is 0. The number of carbonyl (C=O) groups is 3. The average molecular weight is 350 g/mol. The normalized spacial score (nSPS) is 10.2. The number of carboxylic acid groups (broad SMARTS) is 1. The van der Waals surface area contributed by atoms with Crippen molar-refractivity contribution in [3.63, 3.8) is 0 Å². The molecule has 0 heterocycles. The minimum absolute atomic E-state index is 0.00779. The highest BCUT2D eigenvalue weighted by Crippen LogP contribution is 2.22. The number of anilines is 1. The Labute approximate surface area is 148 Å². The number of ether oxygens (including phenoxy) is 1. The van der Waals surface area contributed by atoms with E-state index >= 15 is 0 Å². The van der Waals surface area contributed by atoms with Crippen LogP contribution in [-0.2, 0) is 9.59 Å². The molecule has 1 aromatic rings. The Morgan fingerprint density at radius 2 is 1.76 bits per heavy atom. The number of benzene rings is 1. The molecule has 1 aromatic carbocycles. The molecule has 138 valence electrons. The summed E-state index contributed by atoms with van der Waals surface area (Å²) in [6, 6.07) is 4.38. The molecule has 0 bridgehead atoms. The maximum absolute atomic E-state index is 12.2. The molecule has 0 aromatic heterocycles. The Morgan fingerprint density at radius 1 is 1.12 bits per heavy atom. The molecule has 2 N–H and O–H groups in total. The number of hydrogen-bond donors (Lipinski definition) is 2. The van der Waals surface area contributed by atoms with E-state index in [2.05, 4.69) is 5.32 Å². The number of hydrogen-bond acceptors (Lipinski definition) is 4. The van der Waals surface area contributed by atoms with Crippen molar-refractivity contribution in [2.45, 2.75) is 39.5 Å². The lowest BCUT2D eigenvalue weighted by molar-refractivity contribution is -0.133. The number of nitrogens with one attached hydrogen (secondary N) is 1. The van der Waals surface area contributed by atoms with Crippen LogP contribution < -0.4 is 10.1 Å². The van der Waals surface area contributed by atoms with Crippen molar-refractivity contribution in [2.24, 2.45) is 0 Å². The molecule has 0 saturated carbocycles. The van der Waals surface area contributed by atoms with Gasteiger partial charge in [0.1, 0.15) is 5.75 Å². The van der Waals surface area contributed by atoms with Crippen molar-refractivity contribution < 1.29 is 24.2 Å². The van der Waals surface area contributed by atoms with E-state index in [9.17, 15) is 19.5 Å². The summed E-state index contributed by atoms with van der Waals surface area (Å²) in [6.45, 7) is 5.35. The maximum Gasteiger partial charge on any atom is 0.337 e. The summed E-state index contributed by atoms with van der Waals surface area (Å²) in [5.41, 5.74) is 0.127. The number of carbonyl (C=O) groups excluding carboxylic acids is 2. The minimum Gasteiger partial charge on any atom is -0.497 e. The highest BCUT2D eigenvalue weighted by molar-refractivity contribution is 6.01. The second-order valence-electron chi connectivity index (χ2n) is 5.65. The third-order valence-electron chi connectivity index (χ3n) is 3.64. The fraction of sp³-hybridized carbons (Fsp3) is 0.500. The van der Waals surface area contributed by atoms with E-state index in [1.54, 1.807) is 11.0 Å². The molecular formula is C18H26N2O5. The van der Waals surface area contributed by atoms with E-state index in [1.807, 2.05) is 13.8 Å². The largest absolute Gasteiger partial charge is 0.497 e.